The molecular weight excluding hydrogens is 204 g/mol. The Bertz CT molecular complexity index is 393. The van der Waals surface area contributed by atoms with E-state index in [0.29, 0.717) is 6.04 Å². The van der Waals surface area contributed by atoms with E-state index in [-0.39, 0.29) is 5.56 Å². The third-order valence-electron chi connectivity index (χ3n) is 3.03. The number of piperazine rings is 1. The van der Waals surface area contributed by atoms with Gasteiger partial charge in [0.15, 0.2) is 0 Å². The van der Waals surface area contributed by atoms with Gasteiger partial charge >= 0.3 is 0 Å². The molecule has 16 heavy (non-hydrogen) atoms. The van der Waals surface area contributed by atoms with E-state index < -0.39 is 0 Å². The van der Waals surface area contributed by atoms with Gasteiger partial charge in [-0.2, -0.15) is 0 Å². The molecule has 88 valence electrons. The quantitative estimate of drug-likeness (QED) is 0.782. The number of aromatic amines is 1. The summed E-state index contributed by atoms with van der Waals surface area (Å²) in [6, 6.07) is 2.15. The Morgan fingerprint density at radius 2 is 2.00 bits per heavy atom. The average molecular weight is 222 g/mol. The third kappa shape index (κ3) is 2.41. The molecule has 1 saturated heterocycles. The minimum atomic E-state index is -0.0868. The highest BCUT2D eigenvalue weighted by Gasteiger charge is 2.19. The first-order chi connectivity index (χ1) is 7.66. The van der Waals surface area contributed by atoms with Crippen LogP contribution in [0.4, 0.5) is 5.82 Å². The fraction of sp³-hybridized carbons (Fsp3) is 0.636. The molecule has 0 spiro atoms. The Morgan fingerprint density at radius 1 is 1.31 bits per heavy atom. The number of hydrogen-bond acceptors (Lipinski definition) is 4. The fourth-order valence-corrected chi connectivity index (χ4v) is 2.00. The molecule has 0 aliphatic carbocycles. The van der Waals surface area contributed by atoms with Crippen molar-refractivity contribution in [3.05, 3.63) is 22.7 Å². The van der Waals surface area contributed by atoms with Crippen molar-refractivity contribution >= 4 is 5.82 Å². The van der Waals surface area contributed by atoms with Gasteiger partial charge in [-0.3, -0.25) is 9.69 Å². The lowest BCUT2D eigenvalue weighted by Gasteiger charge is -2.37. The summed E-state index contributed by atoms with van der Waals surface area (Å²) in [4.78, 5) is 22.5. The zero-order valence-corrected chi connectivity index (χ0v) is 9.81. The molecule has 0 saturated carbocycles. The summed E-state index contributed by atoms with van der Waals surface area (Å²) >= 11 is 0. The molecule has 1 aromatic heterocycles. The SMILES string of the molecule is CC(C)N1CCN(c2cc(=O)[nH]cn2)CC1. The second-order valence-corrected chi connectivity index (χ2v) is 4.39. The molecule has 2 heterocycles. The highest BCUT2D eigenvalue weighted by Crippen LogP contribution is 2.11. The van der Waals surface area contributed by atoms with Crippen LogP contribution in [0.3, 0.4) is 0 Å². The van der Waals surface area contributed by atoms with Gasteiger partial charge in [0.05, 0.1) is 6.33 Å². The zero-order chi connectivity index (χ0) is 11.5. The minimum absolute atomic E-state index is 0.0868. The largest absolute Gasteiger partial charge is 0.354 e. The molecule has 1 N–H and O–H groups in total. The van der Waals surface area contributed by atoms with Crippen LogP contribution in [-0.2, 0) is 0 Å². The molecule has 1 fully saturated rings. The molecule has 5 heteroatoms. The number of anilines is 1. The summed E-state index contributed by atoms with van der Waals surface area (Å²) in [6.45, 7) is 8.36. The van der Waals surface area contributed by atoms with Crippen LogP contribution in [0.2, 0.25) is 0 Å². The van der Waals surface area contributed by atoms with Crippen molar-refractivity contribution in [2.75, 3.05) is 31.1 Å². The molecule has 0 amide bonds. The lowest BCUT2D eigenvalue weighted by atomic mass is 10.2. The van der Waals surface area contributed by atoms with Crippen LogP contribution in [0.5, 0.6) is 0 Å². The molecule has 0 unspecified atom stereocenters. The van der Waals surface area contributed by atoms with Gasteiger partial charge in [0.25, 0.3) is 5.56 Å². The van der Waals surface area contributed by atoms with Crippen LogP contribution >= 0.6 is 0 Å². The monoisotopic (exact) mass is 222 g/mol. The first kappa shape index (κ1) is 11.1. The van der Waals surface area contributed by atoms with E-state index in [9.17, 15) is 4.79 Å². The zero-order valence-electron chi connectivity index (χ0n) is 9.81. The second-order valence-electron chi connectivity index (χ2n) is 4.39. The third-order valence-corrected chi connectivity index (χ3v) is 3.03. The molecule has 0 aromatic carbocycles. The van der Waals surface area contributed by atoms with Crippen LogP contribution in [0, 0.1) is 0 Å². The van der Waals surface area contributed by atoms with E-state index in [4.69, 9.17) is 0 Å². The molecule has 2 rings (SSSR count). The topological polar surface area (TPSA) is 52.2 Å². The number of nitrogens with one attached hydrogen (secondary N) is 1. The molecule has 5 nitrogen and oxygen atoms in total. The Balaban J connectivity index is 2.02. The number of H-pyrrole nitrogens is 1. The molecular formula is C11H18N4O. The van der Waals surface area contributed by atoms with Crippen molar-refractivity contribution in [3.8, 4) is 0 Å². The lowest BCUT2D eigenvalue weighted by Crippen LogP contribution is -2.49. The van der Waals surface area contributed by atoms with E-state index in [2.05, 4.69) is 33.6 Å². The molecule has 1 aliphatic rings. The van der Waals surface area contributed by atoms with Gasteiger partial charge in [-0.05, 0) is 13.8 Å². The van der Waals surface area contributed by atoms with Crippen LogP contribution in [0.25, 0.3) is 0 Å². The smallest absolute Gasteiger partial charge is 0.252 e. The second kappa shape index (κ2) is 4.65. The van der Waals surface area contributed by atoms with E-state index >= 15 is 0 Å². The summed E-state index contributed by atoms with van der Waals surface area (Å²) in [5.74, 6) is 0.784. The number of hydrogen-bond donors (Lipinski definition) is 1. The maximum Gasteiger partial charge on any atom is 0.252 e. The van der Waals surface area contributed by atoms with Gasteiger partial charge in [0, 0.05) is 38.3 Å². The molecule has 1 aromatic rings. The maximum atomic E-state index is 11.2. The highest BCUT2D eigenvalue weighted by atomic mass is 16.1. The van der Waals surface area contributed by atoms with E-state index in [1.165, 1.54) is 6.33 Å². The van der Waals surface area contributed by atoms with Crippen LogP contribution in [0.1, 0.15) is 13.8 Å². The van der Waals surface area contributed by atoms with Crippen molar-refractivity contribution in [3.63, 3.8) is 0 Å². The summed E-state index contributed by atoms with van der Waals surface area (Å²) in [5, 5.41) is 0. The summed E-state index contributed by atoms with van der Waals surface area (Å²) in [6.07, 6.45) is 1.46. The van der Waals surface area contributed by atoms with E-state index in [1.54, 1.807) is 6.07 Å². The predicted molar refractivity (Wildman–Crippen MR) is 63.8 cm³/mol. The van der Waals surface area contributed by atoms with Crippen molar-refractivity contribution in [1.82, 2.24) is 14.9 Å². The predicted octanol–water partition coefficient (Wildman–Crippen LogP) is 0.300. The van der Waals surface area contributed by atoms with Crippen LogP contribution in [0.15, 0.2) is 17.2 Å². The fourth-order valence-electron chi connectivity index (χ4n) is 2.00. The Labute approximate surface area is 95.1 Å². The molecule has 1 aliphatic heterocycles. The number of aromatic nitrogens is 2. The van der Waals surface area contributed by atoms with Gasteiger partial charge in [0.2, 0.25) is 0 Å². The van der Waals surface area contributed by atoms with Crippen molar-refractivity contribution < 1.29 is 0 Å². The highest BCUT2D eigenvalue weighted by molar-refractivity contribution is 5.36. The van der Waals surface area contributed by atoms with Gasteiger partial charge in [-0.25, -0.2) is 4.98 Å². The Morgan fingerprint density at radius 3 is 2.56 bits per heavy atom. The minimum Gasteiger partial charge on any atom is -0.354 e. The van der Waals surface area contributed by atoms with E-state index in [0.717, 1.165) is 32.0 Å². The van der Waals surface area contributed by atoms with Crippen molar-refractivity contribution in [2.45, 2.75) is 19.9 Å². The Hall–Kier alpha value is -1.36. The molecule has 0 atom stereocenters. The van der Waals surface area contributed by atoms with Crippen molar-refractivity contribution in [1.29, 1.82) is 0 Å². The lowest BCUT2D eigenvalue weighted by molar-refractivity contribution is 0.209. The summed E-state index contributed by atoms with van der Waals surface area (Å²) < 4.78 is 0. The van der Waals surface area contributed by atoms with Crippen molar-refractivity contribution in [2.24, 2.45) is 0 Å². The summed E-state index contributed by atoms with van der Waals surface area (Å²) in [7, 11) is 0. The molecule has 0 radical (unpaired) electrons. The Kier molecular flexibility index (Phi) is 3.24. The first-order valence-corrected chi connectivity index (χ1v) is 5.70. The van der Waals surface area contributed by atoms with Gasteiger partial charge < -0.3 is 9.88 Å². The summed E-state index contributed by atoms with van der Waals surface area (Å²) in [5.41, 5.74) is -0.0868. The maximum absolute atomic E-state index is 11.2. The van der Waals surface area contributed by atoms with Crippen LogP contribution in [-0.4, -0.2) is 47.1 Å². The standard InChI is InChI=1S/C11H18N4O/c1-9(2)14-3-5-15(6-4-14)10-7-11(16)13-8-12-10/h7-9H,3-6H2,1-2H3,(H,12,13,16). The molecule has 0 bridgehead atoms. The van der Waals surface area contributed by atoms with Crippen LogP contribution < -0.4 is 10.5 Å². The average Bonchev–Trinajstić information content (AvgIpc) is 2.29. The van der Waals surface area contributed by atoms with Gasteiger partial charge in [0.1, 0.15) is 5.82 Å². The van der Waals surface area contributed by atoms with Gasteiger partial charge in [-0.1, -0.05) is 0 Å². The normalized spacial score (nSPS) is 18.1. The van der Waals surface area contributed by atoms with E-state index in [1.807, 2.05) is 0 Å². The first-order valence-electron chi connectivity index (χ1n) is 5.70. The number of nitrogens with zero attached hydrogens (tertiary/aromatic N) is 3. The van der Waals surface area contributed by atoms with Gasteiger partial charge in [-0.15, -0.1) is 0 Å². The number of rotatable bonds is 2.